The second kappa shape index (κ2) is 6.53. The van der Waals surface area contributed by atoms with Crippen LogP contribution in [0.1, 0.15) is 30.0 Å². The van der Waals surface area contributed by atoms with Crippen molar-refractivity contribution in [3.8, 4) is 0 Å². The summed E-state index contributed by atoms with van der Waals surface area (Å²) in [5.41, 5.74) is 1.09. The van der Waals surface area contributed by atoms with E-state index in [1.54, 1.807) is 17.4 Å². The summed E-state index contributed by atoms with van der Waals surface area (Å²) in [6.07, 6.45) is 2.84. The monoisotopic (exact) mass is 300 g/mol. The third-order valence-electron chi connectivity index (χ3n) is 2.63. The van der Waals surface area contributed by atoms with Gasteiger partial charge in [-0.25, -0.2) is 4.98 Å². The van der Waals surface area contributed by atoms with Gasteiger partial charge in [0, 0.05) is 28.2 Å². The Morgan fingerprint density at radius 1 is 1.28 bits per heavy atom. The zero-order valence-corrected chi connectivity index (χ0v) is 12.3. The fourth-order valence-corrected chi connectivity index (χ4v) is 3.14. The Morgan fingerprint density at radius 2 is 2.00 bits per heavy atom. The lowest BCUT2D eigenvalue weighted by Crippen LogP contribution is -2.20. The summed E-state index contributed by atoms with van der Waals surface area (Å²) in [5.74, 6) is 0. The smallest absolute Gasteiger partial charge is 0.109 e. The molecule has 0 aliphatic carbocycles. The zero-order valence-electron chi connectivity index (χ0n) is 9.99. The minimum absolute atomic E-state index is 0.280. The molecule has 2 rings (SSSR count). The van der Waals surface area contributed by atoms with E-state index in [-0.39, 0.29) is 6.04 Å². The SMILES string of the molecule is CCC(NCc1cc(Cl)cc(Cl)c1)c1nccs1. The average Bonchev–Trinajstić information content (AvgIpc) is 2.82. The number of hydrogen-bond donors (Lipinski definition) is 1. The number of nitrogens with one attached hydrogen (secondary N) is 1. The van der Waals surface area contributed by atoms with Gasteiger partial charge in [-0.3, -0.25) is 0 Å². The van der Waals surface area contributed by atoms with Gasteiger partial charge in [0.25, 0.3) is 0 Å². The number of benzene rings is 1. The highest BCUT2D eigenvalue weighted by atomic mass is 35.5. The topological polar surface area (TPSA) is 24.9 Å². The molecule has 0 fully saturated rings. The molecule has 0 aliphatic rings. The maximum atomic E-state index is 5.98. The van der Waals surface area contributed by atoms with E-state index in [1.807, 2.05) is 23.7 Å². The molecule has 96 valence electrons. The van der Waals surface area contributed by atoms with Gasteiger partial charge >= 0.3 is 0 Å². The van der Waals surface area contributed by atoms with E-state index >= 15 is 0 Å². The van der Waals surface area contributed by atoms with Gasteiger partial charge in [-0.15, -0.1) is 11.3 Å². The van der Waals surface area contributed by atoms with Crippen LogP contribution >= 0.6 is 34.5 Å². The summed E-state index contributed by atoms with van der Waals surface area (Å²) in [5, 5.41) is 7.92. The van der Waals surface area contributed by atoms with Crippen molar-refractivity contribution in [2.45, 2.75) is 25.9 Å². The van der Waals surface area contributed by atoms with Crippen molar-refractivity contribution >= 4 is 34.5 Å². The highest BCUT2D eigenvalue weighted by Gasteiger charge is 2.11. The molecule has 1 heterocycles. The Labute approximate surface area is 121 Å². The van der Waals surface area contributed by atoms with E-state index in [0.29, 0.717) is 10.0 Å². The molecule has 2 aromatic rings. The summed E-state index contributed by atoms with van der Waals surface area (Å²) < 4.78 is 0. The molecule has 1 aromatic carbocycles. The minimum atomic E-state index is 0.280. The van der Waals surface area contributed by atoms with Gasteiger partial charge in [0.15, 0.2) is 0 Å². The molecule has 1 atom stereocenters. The predicted octanol–water partition coefficient (Wildman–Crippen LogP) is 4.69. The maximum absolute atomic E-state index is 5.98. The highest BCUT2D eigenvalue weighted by molar-refractivity contribution is 7.09. The average molecular weight is 301 g/mol. The Morgan fingerprint density at radius 3 is 2.56 bits per heavy atom. The number of hydrogen-bond acceptors (Lipinski definition) is 3. The van der Waals surface area contributed by atoms with Gasteiger partial charge < -0.3 is 5.32 Å². The first kappa shape index (κ1) is 13.8. The number of halogens is 2. The zero-order chi connectivity index (χ0) is 13.0. The normalized spacial score (nSPS) is 12.6. The van der Waals surface area contributed by atoms with E-state index in [4.69, 9.17) is 23.2 Å². The van der Waals surface area contributed by atoms with Crippen molar-refractivity contribution in [2.75, 3.05) is 0 Å². The van der Waals surface area contributed by atoms with Crippen LogP contribution in [0.15, 0.2) is 29.8 Å². The Hall–Kier alpha value is -0.610. The van der Waals surface area contributed by atoms with E-state index < -0.39 is 0 Å². The van der Waals surface area contributed by atoms with Crippen molar-refractivity contribution in [1.82, 2.24) is 10.3 Å². The standard InChI is InChI=1S/C13H14Cl2N2S/c1-2-12(13-16-3-4-18-13)17-8-9-5-10(14)7-11(15)6-9/h3-7,12,17H,2,8H2,1H3. The first-order valence-electron chi connectivity index (χ1n) is 5.76. The number of nitrogens with zero attached hydrogens (tertiary/aromatic N) is 1. The van der Waals surface area contributed by atoms with Crippen LogP contribution in [0.5, 0.6) is 0 Å². The maximum Gasteiger partial charge on any atom is 0.109 e. The number of rotatable bonds is 5. The molecule has 0 saturated heterocycles. The van der Waals surface area contributed by atoms with Gasteiger partial charge in [0.2, 0.25) is 0 Å². The molecule has 0 bridgehead atoms. The molecule has 1 aromatic heterocycles. The molecule has 18 heavy (non-hydrogen) atoms. The molecular weight excluding hydrogens is 287 g/mol. The van der Waals surface area contributed by atoms with E-state index in [0.717, 1.165) is 23.5 Å². The van der Waals surface area contributed by atoms with Gasteiger partial charge in [0.1, 0.15) is 5.01 Å². The lowest BCUT2D eigenvalue weighted by Gasteiger charge is -2.14. The predicted molar refractivity (Wildman–Crippen MR) is 78.4 cm³/mol. The Bertz CT molecular complexity index is 479. The first-order valence-corrected chi connectivity index (χ1v) is 7.40. The molecule has 2 nitrogen and oxygen atoms in total. The van der Waals surface area contributed by atoms with Crippen LogP contribution in [0.25, 0.3) is 0 Å². The number of thiazole rings is 1. The second-order valence-electron chi connectivity index (χ2n) is 3.99. The molecule has 5 heteroatoms. The fraction of sp³-hybridized carbons (Fsp3) is 0.308. The van der Waals surface area contributed by atoms with Crippen LogP contribution in [0.3, 0.4) is 0 Å². The lowest BCUT2D eigenvalue weighted by atomic mass is 10.2. The third kappa shape index (κ3) is 3.69. The minimum Gasteiger partial charge on any atom is -0.304 e. The number of aromatic nitrogens is 1. The molecular formula is C13H14Cl2N2S. The Kier molecular flexibility index (Phi) is 5.01. The molecule has 0 amide bonds. The van der Waals surface area contributed by atoms with Crippen molar-refractivity contribution in [2.24, 2.45) is 0 Å². The molecule has 1 N–H and O–H groups in total. The molecule has 0 saturated carbocycles. The summed E-state index contributed by atoms with van der Waals surface area (Å²) in [6, 6.07) is 5.87. The Balaban J connectivity index is 2.01. The molecule has 0 radical (unpaired) electrons. The first-order chi connectivity index (χ1) is 8.69. The second-order valence-corrected chi connectivity index (χ2v) is 5.79. The van der Waals surface area contributed by atoms with E-state index in [9.17, 15) is 0 Å². The van der Waals surface area contributed by atoms with Crippen LogP contribution in [0, 0.1) is 0 Å². The van der Waals surface area contributed by atoms with Crippen LogP contribution in [0.4, 0.5) is 0 Å². The van der Waals surface area contributed by atoms with Crippen LogP contribution < -0.4 is 5.32 Å². The summed E-state index contributed by atoms with van der Waals surface area (Å²) in [7, 11) is 0. The van der Waals surface area contributed by atoms with Crippen LogP contribution in [0.2, 0.25) is 10.0 Å². The van der Waals surface area contributed by atoms with E-state index in [1.165, 1.54) is 0 Å². The van der Waals surface area contributed by atoms with Gasteiger partial charge in [-0.1, -0.05) is 30.1 Å². The lowest BCUT2D eigenvalue weighted by molar-refractivity contribution is 0.516. The molecule has 0 spiro atoms. The van der Waals surface area contributed by atoms with Crippen molar-refractivity contribution in [3.05, 3.63) is 50.4 Å². The van der Waals surface area contributed by atoms with Gasteiger partial charge in [-0.2, -0.15) is 0 Å². The van der Waals surface area contributed by atoms with Crippen molar-refractivity contribution in [1.29, 1.82) is 0 Å². The fourth-order valence-electron chi connectivity index (χ4n) is 1.77. The van der Waals surface area contributed by atoms with E-state index in [2.05, 4.69) is 17.2 Å². The molecule has 1 unspecified atom stereocenters. The van der Waals surface area contributed by atoms with Crippen molar-refractivity contribution in [3.63, 3.8) is 0 Å². The largest absolute Gasteiger partial charge is 0.304 e. The molecule has 0 aliphatic heterocycles. The summed E-state index contributed by atoms with van der Waals surface area (Å²) in [4.78, 5) is 4.34. The third-order valence-corrected chi connectivity index (χ3v) is 3.96. The van der Waals surface area contributed by atoms with Crippen LogP contribution in [-0.2, 0) is 6.54 Å². The van der Waals surface area contributed by atoms with Gasteiger partial charge in [0.05, 0.1) is 6.04 Å². The van der Waals surface area contributed by atoms with Crippen LogP contribution in [-0.4, -0.2) is 4.98 Å². The summed E-state index contributed by atoms with van der Waals surface area (Å²) in [6.45, 7) is 2.88. The van der Waals surface area contributed by atoms with Gasteiger partial charge in [-0.05, 0) is 30.2 Å². The highest BCUT2D eigenvalue weighted by Crippen LogP contribution is 2.22. The van der Waals surface area contributed by atoms with Crippen molar-refractivity contribution < 1.29 is 0 Å². The summed E-state index contributed by atoms with van der Waals surface area (Å²) >= 11 is 13.6. The quantitative estimate of drug-likeness (QED) is 0.866.